The van der Waals surface area contributed by atoms with Gasteiger partial charge in [-0.3, -0.25) is 10.1 Å². The van der Waals surface area contributed by atoms with Gasteiger partial charge in [-0.2, -0.15) is 16.1 Å². The zero-order chi connectivity index (χ0) is 20.4. The molecule has 0 saturated carbocycles. The number of carbonyl (C=O) groups excluding carboxylic acids is 1. The van der Waals surface area contributed by atoms with Crippen molar-refractivity contribution in [3.63, 3.8) is 0 Å². The Balaban J connectivity index is 1.48. The molecule has 1 fully saturated rings. The average Bonchev–Trinajstić information content (AvgIpc) is 3.39. The summed E-state index contributed by atoms with van der Waals surface area (Å²) in [6.45, 7) is 0.935. The minimum absolute atomic E-state index is 0.0728. The number of aromatic amines is 1. The summed E-state index contributed by atoms with van der Waals surface area (Å²) >= 11 is 9.06. The molecule has 0 unspecified atom stereocenters. The number of H-pyrrole nitrogens is 1. The second-order valence-corrected chi connectivity index (χ2v) is 10.7. The molecule has 3 aromatic rings. The molecule has 1 aromatic carbocycles. The highest BCUT2D eigenvalue weighted by Gasteiger charge is 2.28. The lowest BCUT2D eigenvalue weighted by Gasteiger charge is -2.24. The Bertz CT molecular complexity index is 1140. The predicted molar refractivity (Wildman–Crippen MR) is 115 cm³/mol. The Morgan fingerprint density at radius 3 is 2.72 bits per heavy atom. The van der Waals surface area contributed by atoms with Crippen molar-refractivity contribution in [3.8, 4) is 10.6 Å². The molecule has 152 valence electrons. The van der Waals surface area contributed by atoms with Crippen LogP contribution in [0.1, 0.15) is 10.5 Å². The van der Waals surface area contributed by atoms with Crippen LogP contribution in [0.4, 0.5) is 5.13 Å². The molecule has 0 aliphatic carbocycles. The van der Waals surface area contributed by atoms with Gasteiger partial charge in [-0.15, -0.1) is 10.2 Å². The van der Waals surface area contributed by atoms with E-state index in [0.717, 1.165) is 17.1 Å². The number of nitrogens with one attached hydrogen (secondary N) is 2. The fourth-order valence-corrected chi connectivity index (χ4v) is 6.40. The Kier molecular flexibility index (Phi) is 5.93. The fraction of sp³-hybridized carbons (Fsp3) is 0.235. The molecule has 2 N–H and O–H groups in total. The van der Waals surface area contributed by atoms with E-state index >= 15 is 0 Å². The van der Waals surface area contributed by atoms with Crippen LogP contribution in [0.5, 0.6) is 0 Å². The standard InChI is InChI=1S/C17H16ClN5O3S3/c18-13-4-2-1-3-12(13)16-21-22-17(28-16)20-15(24)14-9-11(10-19-14)29(25,26)23-5-7-27-8-6-23/h1-4,9-10,19H,5-8H2,(H,20,22,24). The van der Waals surface area contributed by atoms with Gasteiger partial charge >= 0.3 is 0 Å². The van der Waals surface area contributed by atoms with Crippen molar-refractivity contribution in [2.24, 2.45) is 0 Å². The highest BCUT2D eigenvalue weighted by molar-refractivity contribution is 7.99. The molecule has 2 aromatic heterocycles. The van der Waals surface area contributed by atoms with Crippen molar-refractivity contribution in [2.75, 3.05) is 29.9 Å². The summed E-state index contributed by atoms with van der Waals surface area (Å²) < 4.78 is 26.9. The summed E-state index contributed by atoms with van der Waals surface area (Å²) in [5.41, 5.74) is 0.851. The predicted octanol–water partition coefficient (Wildman–Crippen LogP) is 3.18. The summed E-state index contributed by atoms with van der Waals surface area (Å²) in [4.78, 5) is 15.3. The second-order valence-electron chi connectivity index (χ2n) is 6.11. The van der Waals surface area contributed by atoms with Crippen molar-refractivity contribution < 1.29 is 13.2 Å². The number of carbonyl (C=O) groups is 1. The summed E-state index contributed by atoms with van der Waals surface area (Å²) in [6.07, 6.45) is 1.33. The number of halogens is 1. The summed E-state index contributed by atoms with van der Waals surface area (Å²) in [6, 6.07) is 8.55. The fourth-order valence-electron chi connectivity index (χ4n) is 2.77. The quantitative estimate of drug-likeness (QED) is 0.594. The molecule has 29 heavy (non-hydrogen) atoms. The van der Waals surface area contributed by atoms with Crippen LogP contribution in [-0.4, -0.2) is 58.4 Å². The highest BCUT2D eigenvalue weighted by Crippen LogP contribution is 2.31. The van der Waals surface area contributed by atoms with Crippen LogP contribution >= 0.6 is 34.7 Å². The maximum absolute atomic E-state index is 12.7. The van der Waals surface area contributed by atoms with E-state index in [4.69, 9.17) is 11.6 Å². The Morgan fingerprint density at radius 2 is 1.97 bits per heavy atom. The maximum Gasteiger partial charge on any atom is 0.273 e. The van der Waals surface area contributed by atoms with Crippen LogP contribution in [0.15, 0.2) is 41.4 Å². The maximum atomic E-state index is 12.7. The molecule has 1 aliphatic rings. The van der Waals surface area contributed by atoms with Gasteiger partial charge in [0.2, 0.25) is 15.2 Å². The van der Waals surface area contributed by atoms with E-state index in [1.54, 1.807) is 17.8 Å². The van der Waals surface area contributed by atoms with Crippen LogP contribution in [0.3, 0.4) is 0 Å². The molecule has 0 atom stereocenters. The number of hydrogen-bond donors (Lipinski definition) is 2. The summed E-state index contributed by atoms with van der Waals surface area (Å²) in [7, 11) is -3.62. The minimum atomic E-state index is -3.62. The van der Waals surface area contributed by atoms with Gasteiger partial charge in [-0.25, -0.2) is 8.42 Å². The SMILES string of the molecule is O=C(Nc1nnc(-c2ccccc2Cl)s1)c1cc(S(=O)(=O)N2CCSCC2)c[nH]1. The van der Waals surface area contributed by atoms with Gasteiger partial charge in [0.1, 0.15) is 10.6 Å². The van der Waals surface area contributed by atoms with E-state index in [-0.39, 0.29) is 15.7 Å². The van der Waals surface area contributed by atoms with Crippen molar-refractivity contribution in [1.82, 2.24) is 19.5 Å². The Labute approximate surface area is 180 Å². The van der Waals surface area contributed by atoms with E-state index in [0.29, 0.717) is 23.1 Å². The summed E-state index contributed by atoms with van der Waals surface area (Å²) in [5, 5.41) is 12.1. The van der Waals surface area contributed by atoms with Crippen LogP contribution in [0.25, 0.3) is 10.6 Å². The average molecular weight is 470 g/mol. The zero-order valence-corrected chi connectivity index (χ0v) is 18.2. The first-order valence-electron chi connectivity index (χ1n) is 8.61. The molecule has 12 heteroatoms. The molecule has 1 amide bonds. The Hall–Kier alpha value is -1.92. The monoisotopic (exact) mass is 469 g/mol. The number of rotatable bonds is 5. The number of nitrogens with zero attached hydrogens (tertiary/aromatic N) is 3. The summed E-state index contributed by atoms with van der Waals surface area (Å²) in [5.74, 6) is 1.03. The number of sulfonamides is 1. The number of amides is 1. The van der Waals surface area contributed by atoms with Crippen molar-refractivity contribution in [2.45, 2.75) is 4.90 Å². The first-order chi connectivity index (χ1) is 13.9. The van der Waals surface area contributed by atoms with Crippen molar-refractivity contribution >= 4 is 55.8 Å². The van der Waals surface area contributed by atoms with Gasteiger partial charge in [-0.1, -0.05) is 41.1 Å². The lowest BCUT2D eigenvalue weighted by Crippen LogP contribution is -2.37. The molecule has 0 radical (unpaired) electrons. The third kappa shape index (κ3) is 4.33. The third-order valence-electron chi connectivity index (χ3n) is 4.26. The van der Waals surface area contributed by atoms with Gasteiger partial charge in [0.05, 0.1) is 5.02 Å². The molecule has 8 nitrogen and oxygen atoms in total. The van der Waals surface area contributed by atoms with Crippen LogP contribution in [-0.2, 0) is 10.0 Å². The largest absolute Gasteiger partial charge is 0.356 e. The molecule has 3 heterocycles. The van der Waals surface area contributed by atoms with Gasteiger partial charge in [-0.05, 0) is 12.1 Å². The number of aromatic nitrogens is 3. The normalized spacial score (nSPS) is 15.3. The molecular weight excluding hydrogens is 454 g/mol. The highest BCUT2D eigenvalue weighted by atomic mass is 35.5. The Morgan fingerprint density at radius 1 is 1.21 bits per heavy atom. The number of anilines is 1. The molecule has 1 saturated heterocycles. The van der Waals surface area contributed by atoms with Crippen molar-refractivity contribution in [3.05, 3.63) is 47.2 Å². The molecule has 0 spiro atoms. The first-order valence-corrected chi connectivity index (χ1v) is 12.4. The number of hydrogen-bond acceptors (Lipinski definition) is 7. The van der Waals surface area contributed by atoms with Gasteiger partial charge in [0, 0.05) is 36.4 Å². The molecule has 1 aliphatic heterocycles. The lowest BCUT2D eigenvalue weighted by atomic mass is 10.2. The molecule has 0 bridgehead atoms. The smallest absolute Gasteiger partial charge is 0.273 e. The van der Waals surface area contributed by atoms with Crippen molar-refractivity contribution in [1.29, 1.82) is 0 Å². The van der Waals surface area contributed by atoms with Crippen LogP contribution < -0.4 is 5.32 Å². The first kappa shape index (κ1) is 20.4. The lowest BCUT2D eigenvalue weighted by molar-refractivity contribution is 0.102. The van der Waals surface area contributed by atoms with Gasteiger partial charge in [0.15, 0.2) is 5.01 Å². The topological polar surface area (TPSA) is 108 Å². The third-order valence-corrected chi connectivity index (χ3v) is 8.28. The minimum Gasteiger partial charge on any atom is -0.356 e. The van der Waals surface area contributed by atoms with Crippen LogP contribution in [0, 0.1) is 0 Å². The van der Waals surface area contributed by atoms with E-state index in [1.807, 2.05) is 18.2 Å². The van der Waals surface area contributed by atoms with Gasteiger partial charge < -0.3 is 4.98 Å². The zero-order valence-electron chi connectivity index (χ0n) is 15.0. The van der Waals surface area contributed by atoms with E-state index in [2.05, 4.69) is 20.5 Å². The number of benzene rings is 1. The second kappa shape index (κ2) is 8.44. The van der Waals surface area contributed by atoms with Gasteiger partial charge in [0.25, 0.3) is 5.91 Å². The van der Waals surface area contributed by atoms with Crippen LogP contribution in [0.2, 0.25) is 5.02 Å². The molecule has 4 rings (SSSR count). The number of thioether (sulfide) groups is 1. The molecular formula is C17H16ClN5O3S3. The van der Waals surface area contributed by atoms with E-state index in [9.17, 15) is 13.2 Å². The van der Waals surface area contributed by atoms with E-state index in [1.165, 1.54) is 27.9 Å². The van der Waals surface area contributed by atoms with E-state index < -0.39 is 15.9 Å².